The van der Waals surface area contributed by atoms with E-state index >= 15 is 0 Å². The van der Waals surface area contributed by atoms with E-state index in [4.69, 9.17) is 4.74 Å². The summed E-state index contributed by atoms with van der Waals surface area (Å²) in [5, 5.41) is 17.1. The van der Waals surface area contributed by atoms with E-state index in [1.165, 1.54) is 31.5 Å². The second kappa shape index (κ2) is 14.1. The number of aliphatic hydroxyl groups is 1. The van der Waals surface area contributed by atoms with E-state index in [1.54, 1.807) is 0 Å². The lowest BCUT2D eigenvalue weighted by Crippen LogP contribution is -2.40. The Morgan fingerprint density at radius 2 is 1.71 bits per heavy atom. The molecule has 1 aliphatic rings. The van der Waals surface area contributed by atoms with Crippen molar-refractivity contribution in [2.45, 2.75) is 70.9 Å². The number of nitrogens with one attached hydrogen (secondary N) is 3. The van der Waals surface area contributed by atoms with Gasteiger partial charge in [-0.05, 0) is 63.3 Å². The number of carbonyl (C=O) groups is 2. The number of nitrogens with zero attached hydrogens (tertiary/aromatic N) is 3. The van der Waals surface area contributed by atoms with Gasteiger partial charge in [-0.2, -0.15) is 31.3 Å². The number of aryl methyl sites for hydroxylation is 1. The van der Waals surface area contributed by atoms with Crippen LogP contribution < -0.4 is 20.7 Å². The van der Waals surface area contributed by atoms with Gasteiger partial charge in [0.25, 0.3) is 12.3 Å². The van der Waals surface area contributed by atoms with Gasteiger partial charge in [-0.3, -0.25) is 14.2 Å². The van der Waals surface area contributed by atoms with Crippen LogP contribution in [0.25, 0.3) is 11.2 Å². The molecule has 2 aromatic heterocycles. The molecule has 0 unspecified atom stereocenters. The van der Waals surface area contributed by atoms with Crippen LogP contribution in [0.3, 0.4) is 0 Å². The molecule has 18 heteroatoms. The monoisotopic (exact) mass is 694 g/mol. The highest BCUT2D eigenvalue weighted by atomic mass is 19.4. The average Bonchev–Trinajstić information content (AvgIpc) is 3.30. The van der Waals surface area contributed by atoms with Crippen LogP contribution in [-0.4, -0.2) is 63.3 Å². The topological polar surface area (TPSA) is 130 Å². The molecule has 4 rings (SSSR count). The fourth-order valence-electron chi connectivity index (χ4n) is 5.12. The number of halogens is 8. The lowest BCUT2D eigenvalue weighted by Gasteiger charge is -2.30. The van der Waals surface area contributed by atoms with Crippen molar-refractivity contribution in [3.8, 4) is 5.88 Å². The second-order valence-electron chi connectivity index (χ2n) is 12.2. The van der Waals surface area contributed by atoms with Crippen molar-refractivity contribution < 1.29 is 54.6 Å². The second-order valence-corrected chi connectivity index (χ2v) is 12.2. The fraction of sp³-hybridized carbons (Fsp3) is 0.533. The Kier molecular flexibility index (Phi) is 10.8. The number of imidazole rings is 1. The Morgan fingerprint density at radius 3 is 2.29 bits per heavy atom. The lowest BCUT2D eigenvalue weighted by molar-refractivity contribution is -0.182. The molecule has 2 amide bonds. The van der Waals surface area contributed by atoms with Crippen molar-refractivity contribution in [3.05, 3.63) is 41.0 Å². The van der Waals surface area contributed by atoms with Crippen molar-refractivity contribution in [2.75, 3.05) is 18.5 Å². The van der Waals surface area contributed by atoms with E-state index in [0.29, 0.717) is 0 Å². The molecule has 0 aliphatic heterocycles. The van der Waals surface area contributed by atoms with E-state index in [-0.39, 0.29) is 60.5 Å². The Hall–Kier alpha value is -4.22. The van der Waals surface area contributed by atoms with E-state index in [1.807, 2.05) is 0 Å². The zero-order valence-corrected chi connectivity index (χ0v) is 26.0. The van der Waals surface area contributed by atoms with E-state index in [9.17, 15) is 49.8 Å². The molecule has 4 N–H and O–H groups in total. The predicted molar refractivity (Wildman–Crippen MR) is 157 cm³/mol. The molecule has 264 valence electrons. The van der Waals surface area contributed by atoms with Crippen LogP contribution in [0, 0.1) is 11.3 Å². The third kappa shape index (κ3) is 8.62. The number of anilines is 2. The number of hydrogen-bond acceptors (Lipinski definition) is 7. The smallest absolute Gasteiger partial charge is 0.418 e. The SMILES string of the molecule is Cn1c(Nc2cc(CNC(=O)C(C)(C)CO)ccc2C(F)(F)F)nc2cc(C(=O)N[C@H]3CC[C@H](C(F)(F)F)CC3)c(OCC(F)F)nc21. The first kappa shape index (κ1) is 36.6. The summed E-state index contributed by atoms with van der Waals surface area (Å²) in [5.41, 5.74) is -2.80. The Morgan fingerprint density at radius 1 is 1.04 bits per heavy atom. The van der Waals surface area contributed by atoms with Crippen molar-refractivity contribution in [1.29, 1.82) is 0 Å². The van der Waals surface area contributed by atoms with Crippen molar-refractivity contribution in [1.82, 2.24) is 25.2 Å². The molecule has 1 aliphatic carbocycles. The summed E-state index contributed by atoms with van der Waals surface area (Å²) in [6.07, 6.45) is -12.5. The quantitative estimate of drug-likeness (QED) is 0.185. The van der Waals surface area contributed by atoms with Crippen LogP contribution in [-0.2, 0) is 24.6 Å². The summed E-state index contributed by atoms with van der Waals surface area (Å²) in [6.45, 7) is 1.21. The third-order valence-electron chi connectivity index (χ3n) is 8.02. The number of fused-ring (bicyclic) bond motifs is 1. The number of pyridine rings is 1. The van der Waals surface area contributed by atoms with Crippen LogP contribution >= 0.6 is 0 Å². The van der Waals surface area contributed by atoms with Gasteiger partial charge in [0.1, 0.15) is 11.1 Å². The fourth-order valence-corrected chi connectivity index (χ4v) is 5.12. The Balaban J connectivity index is 1.64. The molecule has 0 atom stereocenters. The molecule has 1 fully saturated rings. The number of aromatic nitrogens is 3. The first-order valence-electron chi connectivity index (χ1n) is 14.8. The standard InChI is InChI=1S/C30H34F8N6O4/c1-28(2,14-45)26(47)39-12-15-4-9-19(30(36,37)38)20(10-15)41-27-42-21-11-18(25(48-13-22(31)32)43-23(21)44(27)3)24(46)40-17-7-5-16(6-8-17)29(33,34)35/h4,9-11,16-17,22,45H,5-8,12-14H2,1-3H3,(H,39,47)(H,40,46)(H,41,42)/t16-,17-. The maximum atomic E-state index is 14.0. The molecule has 48 heavy (non-hydrogen) atoms. The molecule has 2 heterocycles. The summed E-state index contributed by atoms with van der Waals surface area (Å²) in [4.78, 5) is 34.0. The van der Waals surface area contributed by atoms with Crippen LogP contribution in [0.4, 0.5) is 46.8 Å². The molecule has 0 radical (unpaired) electrons. The van der Waals surface area contributed by atoms with E-state index in [2.05, 4.69) is 25.9 Å². The summed E-state index contributed by atoms with van der Waals surface area (Å²) in [7, 11) is 1.37. The highest BCUT2D eigenvalue weighted by Gasteiger charge is 2.42. The molecule has 0 bridgehead atoms. The number of aliphatic hydroxyl groups excluding tert-OH is 1. The molecule has 1 aromatic carbocycles. The van der Waals surface area contributed by atoms with Gasteiger partial charge in [-0.25, -0.2) is 13.8 Å². The van der Waals surface area contributed by atoms with Crippen LogP contribution in [0.15, 0.2) is 24.3 Å². The highest BCUT2D eigenvalue weighted by Crippen LogP contribution is 2.39. The lowest BCUT2D eigenvalue weighted by atomic mass is 9.85. The van der Waals surface area contributed by atoms with Gasteiger partial charge in [-0.15, -0.1) is 0 Å². The number of hydrogen-bond donors (Lipinski definition) is 4. The summed E-state index contributed by atoms with van der Waals surface area (Å²) < 4.78 is 113. The molecular weight excluding hydrogens is 660 g/mol. The van der Waals surface area contributed by atoms with Crippen LogP contribution in [0.5, 0.6) is 5.88 Å². The number of ether oxygens (including phenoxy) is 1. The van der Waals surface area contributed by atoms with Crippen molar-refractivity contribution in [3.63, 3.8) is 0 Å². The van der Waals surface area contributed by atoms with Gasteiger partial charge < -0.3 is 25.8 Å². The molecule has 0 spiro atoms. The average molecular weight is 695 g/mol. The summed E-state index contributed by atoms with van der Waals surface area (Å²) >= 11 is 0. The number of rotatable bonds is 11. The summed E-state index contributed by atoms with van der Waals surface area (Å²) in [6, 6.07) is 3.63. The zero-order chi connectivity index (χ0) is 35.6. The number of carbonyl (C=O) groups excluding carboxylic acids is 2. The van der Waals surface area contributed by atoms with Crippen molar-refractivity contribution >= 4 is 34.6 Å². The maximum absolute atomic E-state index is 14.0. The minimum Gasteiger partial charge on any atom is -0.471 e. The maximum Gasteiger partial charge on any atom is 0.418 e. The molecule has 0 saturated heterocycles. The van der Waals surface area contributed by atoms with Crippen molar-refractivity contribution in [2.24, 2.45) is 18.4 Å². The molecule has 3 aromatic rings. The minimum absolute atomic E-state index is 0.0277. The molecule has 10 nitrogen and oxygen atoms in total. The predicted octanol–water partition coefficient (Wildman–Crippen LogP) is 5.86. The Labute approximate surface area is 269 Å². The van der Waals surface area contributed by atoms with Crippen LogP contribution in [0.2, 0.25) is 0 Å². The van der Waals surface area contributed by atoms with Gasteiger partial charge in [0.15, 0.2) is 12.3 Å². The number of amides is 2. The normalized spacial score (nSPS) is 17.4. The van der Waals surface area contributed by atoms with Gasteiger partial charge in [-0.1, -0.05) is 6.07 Å². The first-order valence-corrected chi connectivity index (χ1v) is 14.8. The van der Waals surface area contributed by atoms with Gasteiger partial charge >= 0.3 is 12.4 Å². The number of benzene rings is 1. The van der Waals surface area contributed by atoms with Gasteiger partial charge in [0, 0.05) is 19.6 Å². The Bertz CT molecular complexity index is 1630. The molecular formula is C30H34F8N6O4. The zero-order valence-electron chi connectivity index (χ0n) is 26.0. The summed E-state index contributed by atoms with van der Waals surface area (Å²) in [5.74, 6) is -3.60. The van der Waals surface area contributed by atoms with E-state index in [0.717, 1.165) is 18.2 Å². The third-order valence-corrected chi connectivity index (χ3v) is 8.02. The van der Waals surface area contributed by atoms with Gasteiger partial charge in [0.05, 0.1) is 29.2 Å². The molecule has 1 saturated carbocycles. The highest BCUT2D eigenvalue weighted by molar-refractivity contribution is 5.99. The number of alkyl halides is 8. The van der Waals surface area contributed by atoms with Gasteiger partial charge in [0.2, 0.25) is 17.7 Å². The minimum atomic E-state index is -4.81. The van der Waals surface area contributed by atoms with E-state index < -0.39 is 78.3 Å². The largest absolute Gasteiger partial charge is 0.471 e. The first-order chi connectivity index (χ1) is 22.3. The van der Waals surface area contributed by atoms with Crippen LogP contribution in [0.1, 0.15) is 61.0 Å².